The van der Waals surface area contributed by atoms with Crippen LogP contribution in [-0.4, -0.2) is 24.5 Å². The summed E-state index contributed by atoms with van der Waals surface area (Å²) in [4.78, 5) is 2.32. The van der Waals surface area contributed by atoms with Crippen molar-refractivity contribution in [1.82, 2.24) is 4.90 Å². The van der Waals surface area contributed by atoms with Crippen molar-refractivity contribution in [1.29, 1.82) is 0 Å². The van der Waals surface area contributed by atoms with E-state index in [9.17, 15) is 0 Å². The fourth-order valence-corrected chi connectivity index (χ4v) is 1.97. The van der Waals surface area contributed by atoms with Crippen molar-refractivity contribution in [3.05, 3.63) is 35.9 Å². The molecule has 2 unspecified atom stereocenters. The summed E-state index contributed by atoms with van der Waals surface area (Å²) in [6.45, 7) is 5.40. The zero-order valence-electron chi connectivity index (χ0n) is 9.98. The number of nitrogens with zero attached hydrogens (tertiary/aromatic N) is 1. The van der Waals surface area contributed by atoms with Crippen molar-refractivity contribution < 1.29 is 0 Å². The lowest BCUT2D eigenvalue weighted by atomic mass is 9.97. The lowest BCUT2D eigenvalue weighted by Crippen LogP contribution is -2.39. The van der Waals surface area contributed by atoms with Crippen LogP contribution in [0, 0.1) is 0 Å². The summed E-state index contributed by atoms with van der Waals surface area (Å²) in [5.74, 6) is 0. The van der Waals surface area contributed by atoms with Gasteiger partial charge in [0.2, 0.25) is 0 Å². The van der Waals surface area contributed by atoms with E-state index in [2.05, 4.69) is 37.9 Å². The van der Waals surface area contributed by atoms with E-state index >= 15 is 0 Å². The van der Waals surface area contributed by atoms with Crippen molar-refractivity contribution in [2.24, 2.45) is 5.73 Å². The molecule has 0 radical (unpaired) electrons. The van der Waals surface area contributed by atoms with E-state index in [-0.39, 0.29) is 6.04 Å². The highest BCUT2D eigenvalue weighted by atomic mass is 15.1. The lowest BCUT2D eigenvalue weighted by Gasteiger charge is -2.31. The largest absolute Gasteiger partial charge is 0.323 e. The molecule has 0 aliphatic carbocycles. The molecule has 2 heteroatoms. The first-order chi connectivity index (χ1) is 7.20. The van der Waals surface area contributed by atoms with Gasteiger partial charge in [-0.1, -0.05) is 44.2 Å². The van der Waals surface area contributed by atoms with Gasteiger partial charge in [-0.05, 0) is 25.6 Å². The summed E-state index contributed by atoms with van der Waals surface area (Å²) in [5.41, 5.74) is 7.51. The molecule has 84 valence electrons. The Labute approximate surface area is 93.1 Å². The first-order valence-electron chi connectivity index (χ1n) is 5.71. The maximum atomic E-state index is 6.28. The number of hydrogen-bond donors (Lipinski definition) is 1. The van der Waals surface area contributed by atoms with Crippen LogP contribution in [0.1, 0.15) is 31.9 Å². The quantitative estimate of drug-likeness (QED) is 0.801. The van der Waals surface area contributed by atoms with Crippen molar-refractivity contribution in [3.63, 3.8) is 0 Å². The molecule has 0 aromatic heterocycles. The minimum absolute atomic E-state index is 0.112. The van der Waals surface area contributed by atoms with Crippen LogP contribution in [0.5, 0.6) is 0 Å². The maximum absolute atomic E-state index is 6.28. The molecule has 1 aromatic rings. The Morgan fingerprint density at radius 2 is 1.80 bits per heavy atom. The summed E-state index contributed by atoms with van der Waals surface area (Å²) in [6.07, 6.45) is 1.08. The van der Waals surface area contributed by atoms with E-state index in [0.29, 0.717) is 6.04 Å². The predicted molar refractivity (Wildman–Crippen MR) is 65.8 cm³/mol. The van der Waals surface area contributed by atoms with Crippen molar-refractivity contribution >= 4 is 0 Å². The molecule has 0 aliphatic heterocycles. The number of likely N-dealkylation sites (N-methyl/N-ethyl adjacent to an activating group) is 1. The SMILES string of the molecule is CCC(C(N)c1ccccc1)N(C)CC. The van der Waals surface area contributed by atoms with Gasteiger partial charge in [0, 0.05) is 12.1 Å². The summed E-state index contributed by atoms with van der Waals surface area (Å²) >= 11 is 0. The molecule has 0 amide bonds. The van der Waals surface area contributed by atoms with Crippen LogP contribution in [0.25, 0.3) is 0 Å². The molecule has 15 heavy (non-hydrogen) atoms. The lowest BCUT2D eigenvalue weighted by molar-refractivity contribution is 0.215. The Morgan fingerprint density at radius 3 is 2.27 bits per heavy atom. The molecular formula is C13H22N2. The standard InChI is InChI=1S/C13H22N2/c1-4-12(15(3)5-2)13(14)11-9-7-6-8-10-11/h6-10,12-13H,4-5,14H2,1-3H3. The normalized spacial score (nSPS) is 15.3. The molecule has 0 spiro atoms. The molecule has 2 nitrogen and oxygen atoms in total. The van der Waals surface area contributed by atoms with Crippen LogP contribution in [0.4, 0.5) is 0 Å². The third-order valence-electron chi connectivity index (χ3n) is 3.08. The van der Waals surface area contributed by atoms with Gasteiger partial charge >= 0.3 is 0 Å². The number of hydrogen-bond acceptors (Lipinski definition) is 2. The van der Waals surface area contributed by atoms with Crippen LogP contribution in [0.15, 0.2) is 30.3 Å². The smallest absolute Gasteiger partial charge is 0.0452 e. The maximum Gasteiger partial charge on any atom is 0.0452 e. The Hall–Kier alpha value is -0.860. The molecule has 1 aromatic carbocycles. The van der Waals surface area contributed by atoms with Gasteiger partial charge in [0.05, 0.1) is 0 Å². The molecular weight excluding hydrogens is 184 g/mol. The molecule has 0 saturated carbocycles. The molecule has 0 heterocycles. The molecule has 2 atom stereocenters. The Bertz CT molecular complexity index is 271. The Kier molecular flexibility index (Phi) is 4.79. The first kappa shape index (κ1) is 12.2. The zero-order chi connectivity index (χ0) is 11.3. The predicted octanol–water partition coefficient (Wildman–Crippen LogP) is 2.42. The highest BCUT2D eigenvalue weighted by Gasteiger charge is 2.20. The second kappa shape index (κ2) is 5.89. The number of benzene rings is 1. The van der Waals surface area contributed by atoms with Crippen LogP contribution >= 0.6 is 0 Å². The van der Waals surface area contributed by atoms with E-state index in [1.807, 2.05) is 18.2 Å². The first-order valence-corrected chi connectivity index (χ1v) is 5.71. The second-order valence-electron chi connectivity index (χ2n) is 3.99. The van der Waals surface area contributed by atoms with Crippen molar-refractivity contribution in [2.75, 3.05) is 13.6 Å². The summed E-state index contributed by atoms with van der Waals surface area (Å²) in [5, 5.41) is 0. The van der Waals surface area contributed by atoms with Crippen LogP contribution in [0.2, 0.25) is 0 Å². The zero-order valence-corrected chi connectivity index (χ0v) is 9.98. The van der Waals surface area contributed by atoms with E-state index in [4.69, 9.17) is 5.73 Å². The molecule has 0 saturated heterocycles. The van der Waals surface area contributed by atoms with Crippen LogP contribution in [0.3, 0.4) is 0 Å². The van der Waals surface area contributed by atoms with E-state index in [0.717, 1.165) is 13.0 Å². The van der Waals surface area contributed by atoms with Gasteiger partial charge in [-0.25, -0.2) is 0 Å². The van der Waals surface area contributed by atoms with E-state index in [1.54, 1.807) is 0 Å². The van der Waals surface area contributed by atoms with Gasteiger partial charge < -0.3 is 10.6 Å². The van der Waals surface area contributed by atoms with Gasteiger partial charge in [0.25, 0.3) is 0 Å². The highest BCUT2D eigenvalue weighted by molar-refractivity contribution is 5.20. The minimum atomic E-state index is 0.112. The summed E-state index contributed by atoms with van der Waals surface area (Å²) in [7, 11) is 2.14. The Balaban J connectivity index is 2.77. The van der Waals surface area contributed by atoms with Gasteiger partial charge in [-0.15, -0.1) is 0 Å². The minimum Gasteiger partial charge on any atom is -0.323 e. The highest BCUT2D eigenvalue weighted by Crippen LogP contribution is 2.19. The summed E-state index contributed by atoms with van der Waals surface area (Å²) < 4.78 is 0. The van der Waals surface area contributed by atoms with Gasteiger partial charge in [0.15, 0.2) is 0 Å². The van der Waals surface area contributed by atoms with Crippen LogP contribution < -0.4 is 5.73 Å². The van der Waals surface area contributed by atoms with Gasteiger partial charge in [-0.3, -0.25) is 0 Å². The number of rotatable bonds is 5. The van der Waals surface area contributed by atoms with E-state index < -0.39 is 0 Å². The third-order valence-corrected chi connectivity index (χ3v) is 3.08. The topological polar surface area (TPSA) is 29.3 Å². The molecule has 0 bridgehead atoms. The molecule has 0 fully saturated rings. The summed E-state index contributed by atoms with van der Waals surface area (Å²) in [6, 6.07) is 10.9. The fourth-order valence-electron chi connectivity index (χ4n) is 1.97. The molecule has 1 rings (SSSR count). The third kappa shape index (κ3) is 3.05. The fraction of sp³-hybridized carbons (Fsp3) is 0.538. The monoisotopic (exact) mass is 206 g/mol. The van der Waals surface area contributed by atoms with Crippen molar-refractivity contribution in [3.8, 4) is 0 Å². The van der Waals surface area contributed by atoms with Crippen LogP contribution in [-0.2, 0) is 0 Å². The molecule has 0 aliphatic rings. The number of nitrogens with two attached hydrogens (primary N) is 1. The van der Waals surface area contributed by atoms with Gasteiger partial charge in [-0.2, -0.15) is 0 Å². The van der Waals surface area contributed by atoms with Gasteiger partial charge in [0.1, 0.15) is 0 Å². The average molecular weight is 206 g/mol. The average Bonchev–Trinajstić information content (AvgIpc) is 2.30. The van der Waals surface area contributed by atoms with Crippen molar-refractivity contribution in [2.45, 2.75) is 32.4 Å². The molecule has 2 N–H and O–H groups in total. The Morgan fingerprint density at radius 1 is 1.20 bits per heavy atom. The van der Waals surface area contributed by atoms with E-state index in [1.165, 1.54) is 5.56 Å². The second-order valence-corrected chi connectivity index (χ2v) is 3.99.